The Kier molecular flexibility index (Phi) is 4.99. The van der Waals surface area contributed by atoms with Crippen LogP contribution in [0.2, 0.25) is 0 Å². The third kappa shape index (κ3) is 3.57. The average molecular weight is 286 g/mol. The molecule has 0 N–H and O–H groups in total. The number of likely N-dealkylation sites (tertiary alicyclic amines) is 1. The summed E-state index contributed by atoms with van der Waals surface area (Å²) in [7, 11) is 4.05. The van der Waals surface area contributed by atoms with Gasteiger partial charge in [-0.3, -0.25) is 0 Å². The number of hydrogen-bond donors (Lipinski definition) is 0. The molecule has 1 aromatic rings. The van der Waals surface area contributed by atoms with Crippen LogP contribution in [-0.4, -0.2) is 43.6 Å². The van der Waals surface area contributed by atoms with E-state index in [0.29, 0.717) is 17.3 Å². The number of hydrogen-bond acceptors (Lipinski definition) is 3. The van der Waals surface area contributed by atoms with Gasteiger partial charge in [-0.25, -0.2) is 9.37 Å². The minimum Gasteiger partial charge on any atom is -0.357 e. The SMILES string of the molecule is CN1CCC(CN(C)c2nccc(CCl)c2F)CC1. The Morgan fingerprint density at radius 3 is 2.79 bits per heavy atom. The number of halogens is 2. The van der Waals surface area contributed by atoms with Crippen molar-refractivity contribution in [2.24, 2.45) is 5.92 Å². The fourth-order valence-electron chi connectivity index (χ4n) is 2.56. The molecule has 2 heterocycles. The van der Waals surface area contributed by atoms with Crippen molar-refractivity contribution in [3.8, 4) is 0 Å². The average Bonchev–Trinajstić information content (AvgIpc) is 2.41. The first kappa shape index (κ1) is 14.5. The van der Waals surface area contributed by atoms with E-state index in [9.17, 15) is 4.39 Å². The van der Waals surface area contributed by atoms with E-state index < -0.39 is 0 Å². The van der Waals surface area contributed by atoms with Crippen LogP contribution in [0.25, 0.3) is 0 Å². The smallest absolute Gasteiger partial charge is 0.170 e. The van der Waals surface area contributed by atoms with Crippen LogP contribution in [0.4, 0.5) is 10.2 Å². The third-order valence-corrected chi connectivity index (χ3v) is 4.11. The molecule has 106 valence electrons. The number of nitrogens with zero attached hydrogens (tertiary/aromatic N) is 3. The highest BCUT2D eigenvalue weighted by Crippen LogP contribution is 2.23. The van der Waals surface area contributed by atoms with Crippen LogP contribution in [0.3, 0.4) is 0 Å². The lowest BCUT2D eigenvalue weighted by Gasteiger charge is -2.32. The summed E-state index contributed by atoms with van der Waals surface area (Å²) in [6.45, 7) is 3.09. The zero-order valence-electron chi connectivity index (χ0n) is 11.6. The second-order valence-electron chi connectivity index (χ2n) is 5.37. The van der Waals surface area contributed by atoms with Gasteiger partial charge < -0.3 is 9.80 Å². The summed E-state index contributed by atoms with van der Waals surface area (Å²) in [6, 6.07) is 1.63. The van der Waals surface area contributed by atoms with E-state index in [-0.39, 0.29) is 11.7 Å². The Morgan fingerprint density at radius 1 is 1.47 bits per heavy atom. The first-order valence-corrected chi connectivity index (χ1v) is 7.24. The van der Waals surface area contributed by atoms with Crippen LogP contribution >= 0.6 is 11.6 Å². The second-order valence-corrected chi connectivity index (χ2v) is 5.64. The standard InChI is InChI=1S/C14H21ClFN3/c1-18-7-4-11(5-8-18)10-19(2)14-13(16)12(9-15)3-6-17-14/h3,6,11H,4-5,7-10H2,1-2H3. The van der Waals surface area contributed by atoms with E-state index in [1.807, 2.05) is 11.9 Å². The maximum absolute atomic E-state index is 14.1. The minimum atomic E-state index is -0.284. The van der Waals surface area contributed by atoms with Gasteiger partial charge in [0.1, 0.15) is 0 Å². The topological polar surface area (TPSA) is 19.4 Å². The van der Waals surface area contributed by atoms with Crippen molar-refractivity contribution in [3.63, 3.8) is 0 Å². The molecule has 1 aromatic heterocycles. The van der Waals surface area contributed by atoms with Crippen LogP contribution in [-0.2, 0) is 5.88 Å². The molecule has 0 radical (unpaired) electrons. The van der Waals surface area contributed by atoms with Gasteiger partial charge in [-0.1, -0.05) is 0 Å². The van der Waals surface area contributed by atoms with E-state index in [0.717, 1.165) is 32.5 Å². The molecule has 0 saturated carbocycles. The van der Waals surface area contributed by atoms with E-state index in [2.05, 4.69) is 16.9 Å². The van der Waals surface area contributed by atoms with E-state index in [4.69, 9.17) is 11.6 Å². The number of aromatic nitrogens is 1. The highest BCUT2D eigenvalue weighted by Gasteiger charge is 2.20. The number of anilines is 1. The summed E-state index contributed by atoms with van der Waals surface area (Å²) in [5.74, 6) is 0.927. The molecule has 0 bridgehead atoms. The monoisotopic (exact) mass is 285 g/mol. The van der Waals surface area contributed by atoms with E-state index >= 15 is 0 Å². The molecule has 5 heteroatoms. The fraction of sp³-hybridized carbons (Fsp3) is 0.643. The lowest BCUT2D eigenvalue weighted by atomic mass is 9.96. The Hall–Kier alpha value is -0.870. The number of rotatable bonds is 4. The summed E-state index contributed by atoms with van der Waals surface area (Å²) in [5, 5.41) is 0. The first-order chi connectivity index (χ1) is 9.11. The van der Waals surface area contributed by atoms with Crippen molar-refractivity contribution in [1.29, 1.82) is 0 Å². The number of piperidine rings is 1. The Balaban J connectivity index is 2.01. The molecular weight excluding hydrogens is 265 g/mol. The van der Waals surface area contributed by atoms with Crippen molar-refractivity contribution < 1.29 is 4.39 Å². The molecule has 19 heavy (non-hydrogen) atoms. The van der Waals surface area contributed by atoms with Gasteiger partial charge in [-0.05, 0) is 45.0 Å². The van der Waals surface area contributed by atoms with Crippen molar-refractivity contribution in [3.05, 3.63) is 23.6 Å². The van der Waals surface area contributed by atoms with Crippen molar-refractivity contribution in [1.82, 2.24) is 9.88 Å². The molecule has 0 amide bonds. The first-order valence-electron chi connectivity index (χ1n) is 6.71. The Morgan fingerprint density at radius 2 is 2.16 bits per heavy atom. The molecule has 1 aliphatic heterocycles. The van der Waals surface area contributed by atoms with Gasteiger partial charge in [0.05, 0.1) is 5.88 Å². The van der Waals surface area contributed by atoms with E-state index in [1.165, 1.54) is 0 Å². The predicted octanol–water partition coefficient (Wildman–Crippen LogP) is 2.74. The molecule has 3 nitrogen and oxygen atoms in total. The molecule has 1 fully saturated rings. The summed E-state index contributed by atoms with van der Waals surface area (Å²) in [6.07, 6.45) is 3.95. The normalized spacial score (nSPS) is 17.7. The quantitative estimate of drug-likeness (QED) is 0.793. The largest absolute Gasteiger partial charge is 0.357 e. The van der Waals surface area contributed by atoms with Gasteiger partial charge in [0.25, 0.3) is 0 Å². The maximum Gasteiger partial charge on any atom is 0.170 e. The van der Waals surface area contributed by atoms with Gasteiger partial charge in [0, 0.05) is 25.4 Å². The van der Waals surface area contributed by atoms with Gasteiger partial charge in [0.15, 0.2) is 11.6 Å². The molecule has 0 aliphatic carbocycles. The van der Waals surface area contributed by atoms with Crippen molar-refractivity contribution in [2.75, 3.05) is 38.6 Å². The Bertz CT molecular complexity index is 419. The second kappa shape index (κ2) is 6.53. The van der Waals surface area contributed by atoms with Crippen molar-refractivity contribution >= 4 is 17.4 Å². The molecule has 1 saturated heterocycles. The lowest BCUT2D eigenvalue weighted by Crippen LogP contribution is -2.36. The molecule has 0 aromatic carbocycles. The van der Waals surface area contributed by atoms with Crippen molar-refractivity contribution in [2.45, 2.75) is 18.7 Å². The predicted molar refractivity (Wildman–Crippen MR) is 77.2 cm³/mol. The molecule has 1 aliphatic rings. The zero-order chi connectivity index (χ0) is 13.8. The molecule has 2 rings (SSSR count). The van der Waals surface area contributed by atoms with Gasteiger partial charge in [-0.2, -0.15) is 0 Å². The van der Waals surface area contributed by atoms with Crippen LogP contribution in [0.15, 0.2) is 12.3 Å². The summed E-state index contributed by atoms with van der Waals surface area (Å²) < 4.78 is 14.1. The highest BCUT2D eigenvalue weighted by molar-refractivity contribution is 6.17. The van der Waals surface area contributed by atoms with Crippen LogP contribution in [0.1, 0.15) is 18.4 Å². The summed E-state index contributed by atoms with van der Waals surface area (Å²) in [4.78, 5) is 8.40. The fourth-order valence-corrected chi connectivity index (χ4v) is 2.77. The van der Waals surface area contributed by atoms with Crippen LogP contribution < -0.4 is 4.90 Å². The third-order valence-electron chi connectivity index (χ3n) is 3.83. The highest BCUT2D eigenvalue weighted by atomic mass is 35.5. The van der Waals surface area contributed by atoms with E-state index in [1.54, 1.807) is 12.3 Å². The summed E-state index contributed by atoms with van der Waals surface area (Å²) >= 11 is 5.72. The molecule has 0 atom stereocenters. The molecular formula is C14H21ClFN3. The number of alkyl halides is 1. The van der Waals surface area contributed by atoms with Crippen LogP contribution in [0.5, 0.6) is 0 Å². The maximum atomic E-state index is 14.1. The van der Waals surface area contributed by atoms with Gasteiger partial charge >= 0.3 is 0 Å². The lowest BCUT2D eigenvalue weighted by molar-refractivity contribution is 0.222. The zero-order valence-corrected chi connectivity index (χ0v) is 12.3. The Labute approximate surface area is 119 Å². The summed E-state index contributed by atoms with van der Waals surface area (Å²) in [5.41, 5.74) is 0.516. The molecule has 0 spiro atoms. The number of pyridine rings is 1. The van der Waals surface area contributed by atoms with Crippen LogP contribution in [0, 0.1) is 11.7 Å². The minimum absolute atomic E-state index is 0.184. The van der Waals surface area contributed by atoms with Gasteiger partial charge in [0.2, 0.25) is 0 Å². The molecule has 0 unspecified atom stereocenters. The van der Waals surface area contributed by atoms with Gasteiger partial charge in [-0.15, -0.1) is 11.6 Å².